The fourth-order valence-corrected chi connectivity index (χ4v) is 2.34. The highest BCUT2D eigenvalue weighted by atomic mass is 16.2. The summed E-state index contributed by atoms with van der Waals surface area (Å²) in [6, 6.07) is 7.33. The van der Waals surface area contributed by atoms with Crippen molar-refractivity contribution in [3.63, 3.8) is 0 Å². The van der Waals surface area contributed by atoms with Crippen LogP contribution in [-0.2, 0) is 9.59 Å². The van der Waals surface area contributed by atoms with Crippen molar-refractivity contribution in [3.8, 4) is 0 Å². The minimum Gasteiger partial charge on any atom is -0.372 e. The highest BCUT2D eigenvalue weighted by molar-refractivity contribution is 6.07. The molecule has 1 aromatic rings. The van der Waals surface area contributed by atoms with Crippen LogP contribution >= 0.6 is 0 Å². The Balaban J connectivity index is 2.16. The van der Waals surface area contributed by atoms with Crippen LogP contribution < -0.4 is 15.5 Å². The Morgan fingerprint density at radius 1 is 1.38 bits per heavy atom. The van der Waals surface area contributed by atoms with Crippen molar-refractivity contribution in [1.82, 2.24) is 5.32 Å². The lowest BCUT2D eigenvalue weighted by Crippen LogP contribution is -2.50. The van der Waals surface area contributed by atoms with Gasteiger partial charge in [0.2, 0.25) is 11.8 Å². The number of anilines is 2. The quantitative estimate of drug-likeness (QED) is 0.871. The highest BCUT2D eigenvalue weighted by Crippen LogP contribution is 2.31. The fraction of sp³-hybridized carbons (Fsp3) is 0.500. The summed E-state index contributed by atoms with van der Waals surface area (Å²) in [5.41, 5.74) is 1.67. The topological polar surface area (TPSA) is 61.4 Å². The third-order valence-electron chi connectivity index (χ3n) is 3.51. The van der Waals surface area contributed by atoms with Gasteiger partial charge < -0.3 is 10.6 Å². The van der Waals surface area contributed by atoms with Crippen LogP contribution in [0.15, 0.2) is 24.3 Å². The standard InChI is InChI=1S/C16H23N3O2/c1-4-12-16(21)19(10-15(20)17-9-11(2)3)14-8-6-5-7-13(14)18-12/h5-8,11-12,18H,4,9-10H2,1-3H3,(H,17,20). The molecule has 5 nitrogen and oxygen atoms in total. The third kappa shape index (κ3) is 3.54. The van der Waals surface area contributed by atoms with E-state index in [0.717, 1.165) is 11.4 Å². The smallest absolute Gasteiger partial charge is 0.250 e. The second-order valence-corrected chi connectivity index (χ2v) is 5.74. The molecule has 114 valence electrons. The molecule has 2 N–H and O–H groups in total. The first kappa shape index (κ1) is 15.4. The molecule has 5 heteroatoms. The molecule has 0 saturated heterocycles. The Labute approximate surface area is 125 Å². The molecule has 0 aliphatic carbocycles. The Morgan fingerprint density at radius 3 is 2.76 bits per heavy atom. The summed E-state index contributed by atoms with van der Waals surface area (Å²) in [4.78, 5) is 26.1. The number of fused-ring (bicyclic) bond motifs is 1. The number of hydrogen-bond donors (Lipinski definition) is 2. The van der Waals surface area contributed by atoms with Crippen LogP contribution in [0.4, 0.5) is 11.4 Å². The molecule has 0 spiro atoms. The molecule has 0 saturated carbocycles. The van der Waals surface area contributed by atoms with Crippen molar-refractivity contribution in [2.24, 2.45) is 5.92 Å². The van der Waals surface area contributed by atoms with Crippen LogP contribution in [0.3, 0.4) is 0 Å². The van der Waals surface area contributed by atoms with Gasteiger partial charge in [-0.05, 0) is 24.5 Å². The van der Waals surface area contributed by atoms with Crippen LogP contribution in [0.1, 0.15) is 27.2 Å². The zero-order chi connectivity index (χ0) is 15.4. The van der Waals surface area contributed by atoms with Gasteiger partial charge in [-0.2, -0.15) is 0 Å². The SMILES string of the molecule is CCC1Nc2ccccc2N(CC(=O)NCC(C)C)C1=O. The van der Waals surface area contributed by atoms with E-state index in [1.807, 2.05) is 45.0 Å². The van der Waals surface area contributed by atoms with Gasteiger partial charge >= 0.3 is 0 Å². The second kappa shape index (κ2) is 6.61. The molecule has 1 aromatic carbocycles. The lowest BCUT2D eigenvalue weighted by atomic mass is 10.1. The molecular formula is C16H23N3O2. The number of hydrogen-bond acceptors (Lipinski definition) is 3. The van der Waals surface area contributed by atoms with Crippen molar-refractivity contribution in [3.05, 3.63) is 24.3 Å². The highest BCUT2D eigenvalue weighted by Gasteiger charge is 2.32. The Hall–Kier alpha value is -2.04. The van der Waals surface area contributed by atoms with E-state index in [-0.39, 0.29) is 24.4 Å². The van der Waals surface area contributed by atoms with Crippen LogP contribution in [0, 0.1) is 5.92 Å². The van der Waals surface area contributed by atoms with E-state index in [2.05, 4.69) is 10.6 Å². The van der Waals surface area contributed by atoms with Gasteiger partial charge in [0.05, 0.1) is 11.4 Å². The molecule has 1 aliphatic heterocycles. The van der Waals surface area contributed by atoms with Crippen molar-refractivity contribution >= 4 is 23.2 Å². The summed E-state index contributed by atoms with van der Waals surface area (Å²) in [6.07, 6.45) is 0.692. The van der Waals surface area contributed by atoms with Crippen LogP contribution in [0.5, 0.6) is 0 Å². The average Bonchev–Trinajstić information content (AvgIpc) is 2.47. The molecule has 0 radical (unpaired) electrons. The number of nitrogens with zero attached hydrogens (tertiary/aromatic N) is 1. The molecular weight excluding hydrogens is 266 g/mol. The Bertz CT molecular complexity index is 528. The van der Waals surface area contributed by atoms with Crippen molar-refractivity contribution in [2.75, 3.05) is 23.3 Å². The van der Waals surface area contributed by atoms with Gasteiger partial charge in [0.25, 0.3) is 0 Å². The van der Waals surface area contributed by atoms with E-state index in [9.17, 15) is 9.59 Å². The summed E-state index contributed by atoms with van der Waals surface area (Å²) < 4.78 is 0. The number of carbonyl (C=O) groups excluding carboxylic acids is 2. The summed E-state index contributed by atoms with van der Waals surface area (Å²) in [5.74, 6) is 0.225. The number of carbonyl (C=O) groups is 2. The number of rotatable bonds is 5. The molecule has 1 unspecified atom stereocenters. The normalized spacial score (nSPS) is 17.4. The Morgan fingerprint density at radius 2 is 2.10 bits per heavy atom. The number of para-hydroxylation sites is 2. The van der Waals surface area contributed by atoms with Crippen LogP contribution in [-0.4, -0.2) is 30.9 Å². The first-order chi connectivity index (χ1) is 10.0. The van der Waals surface area contributed by atoms with E-state index in [4.69, 9.17) is 0 Å². The lowest BCUT2D eigenvalue weighted by molar-refractivity contribution is -0.124. The molecule has 0 aromatic heterocycles. The predicted octanol–water partition coefficient (Wildman–Crippen LogP) is 2.00. The minimum atomic E-state index is -0.266. The van der Waals surface area contributed by atoms with Gasteiger partial charge in [-0.25, -0.2) is 0 Å². The summed E-state index contributed by atoms with van der Waals surface area (Å²) in [7, 11) is 0. The number of amides is 2. The van der Waals surface area contributed by atoms with Gasteiger partial charge in [-0.15, -0.1) is 0 Å². The van der Waals surface area contributed by atoms with E-state index >= 15 is 0 Å². The number of benzene rings is 1. The largest absolute Gasteiger partial charge is 0.372 e. The maximum atomic E-state index is 12.5. The van der Waals surface area contributed by atoms with E-state index in [1.165, 1.54) is 0 Å². The minimum absolute atomic E-state index is 0.0455. The van der Waals surface area contributed by atoms with Gasteiger partial charge in [0, 0.05) is 6.54 Å². The van der Waals surface area contributed by atoms with Crippen molar-refractivity contribution in [1.29, 1.82) is 0 Å². The Kier molecular flexibility index (Phi) is 4.83. The summed E-state index contributed by atoms with van der Waals surface area (Å²) >= 11 is 0. The van der Waals surface area contributed by atoms with E-state index in [0.29, 0.717) is 18.9 Å². The summed E-state index contributed by atoms with van der Waals surface area (Å²) in [6.45, 7) is 6.73. The molecule has 21 heavy (non-hydrogen) atoms. The molecule has 2 amide bonds. The maximum absolute atomic E-state index is 12.5. The van der Waals surface area contributed by atoms with Gasteiger partial charge in [-0.1, -0.05) is 32.9 Å². The maximum Gasteiger partial charge on any atom is 0.250 e. The molecule has 0 fully saturated rings. The third-order valence-corrected chi connectivity index (χ3v) is 3.51. The van der Waals surface area contributed by atoms with Crippen LogP contribution in [0.25, 0.3) is 0 Å². The van der Waals surface area contributed by atoms with Gasteiger partial charge in [-0.3, -0.25) is 14.5 Å². The molecule has 0 bridgehead atoms. The molecule has 1 aliphatic rings. The van der Waals surface area contributed by atoms with Crippen molar-refractivity contribution < 1.29 is 9.59 Å². The van der Waals surface area contributed by atoms with E-state index in [1.54, 1.807) is 4.90 Å². The lowest BCUT2D eigenvalue weighted by Gasteiger charge is -2.34. The fourth-order valence-electron chi connectivity index (χ4n) is 2.34. The second-order valence-electron chi connectivity index (χ2n) is 5.74. The predicted molar refractivity (Wildman–Crippen MR) is 84.3 cm³/mol. The zero-order valence-corrected chi connectivity index (χ0v) is 12.8. The van der Waals surface area contributed by atoms with E-state index < -0.39 is 0 Å². The first-order valence-electron chi connectivity index (χ1n) is 7.46. The molecule has 2 rings (SSSR count). The van der Waals surface area contributed by atoms with Crippen LogP contribution in [0.2, 0.25) is 0 Å². The average molecular weight is 289 g/mol. The van der Waals surface area contributed by atoms with Gasteiger partial charge in [0.1, 0.15) is 12.6 Å². The molecule has 1 atom stereocenters. The zero-order valence-electron chi connectivity index (χ0n) is 12.8. The monoisotopic (exact) mass is 289 g/mol. The summed E-state index contributed by atoms with van der Waals surface area (Å²) in [5, 5.41) is 6.09. The first-order valence-corrected chi connectivity index (χ1v) is 7.46. The number of nitrogens with one attached hydrogen (secondary N) is 2. The van der Waals surface area contributed by atoms with Gasteiger partial charge in [0.15, 0.2) is 0 Å². The van der Waals surface area contributed by atoms with Crippen molar-refractivity contribution in [2.45, 2.75) is 33.2 Å². The molecule has 1 heterocycles.